The Morgan fingerprint density at radius 1 is 1.00 bits per heavy atom. The number of anilines is 2. The average Bonchev–Trinajstić information content (AvgIpc) is 3.06. The van der Waals surface area contributed by atoms with Crippen molar-refractivity contribution in [3.8, 4) is 5.69 Å². The number of likely N-dealkylation sites (N-methyl/N-ethyl adjacent to an activating group) is 1. The van der Waals surface area contributed by atoms with Gasteiger partial charge in [-0.15, -0.1) is 0 Å². The summed E-state index contributed by atoms with van der Waals surface area (Å²) in [5, 5.41) is 5.10. The van der Waals surface area contributed by atoms with E-state index in [1.165, 1.54) is 16.9 Å². The molecule has 0 aliphatic carbocycles. The van der Waals surface area contributed by atoms with Gasteiger partial charge in [-0.05, 0) is 61.1 Å². The lowest BCUT2D eigenvalue weighted by molar-refractivity contribution is 0.343. The molecule has 0 atom stereocenters. The smallest absolute Gasteiger partial charge is 0.0650 e. The van der Waals surface area contributed by atoms with Crippen molar-refractivity contribution in [3.63, 3.8) is 0 Å². The zero-order chi connectivity index (χ0) is 16.5. The van der Waals surface area contributed by atoms with Gasteiger partial charge in [0, 0.05) is 48.4 Å². The maximum atomic E-state index is 6.05. The Morgan fingerprint density at radius 3 is 2.54 bits per heavy atom. The fourth-order valence-corrected chi connectivity index (χ4v) is 3.30. The van der Waals surface area contributed by atoms with E-state index in [4.69, 9.17) is 11.6 Å². The minimum Gasteiger partial charge on any atom is -0.340 e. The topological polar surface area (TPSA) is 24.3 Å². The molecule has 1 aromatic heterocycles. The van der Waals surface area contributed by atoms with Gasteiger partial charge >= 0.3 is 0 Å². The summed E-state index contributed by atoms with van der Waals surface area (Å²) < 4.78 is 1.90. The van der Waals surface area contributed by atoms with Gasteiger partial charge in [0.2, 0.25) is 0 Å². The van der Waals surface area contributed by atoms with Crippen molar-refractivity contribution in [2.75, 3.05) is 25.0 Å². The maximum Gasteiger partial charge on any atom is 0.0650 e. The molecule has 122 valence electrons. The minimum atomic E-state index is 0.764. The van der Waals surface area contributed by atoms with Crippen LogP contribution in [0, 0.1) is 0 Å². The van der Waals surface area contributed by atoms with Gasteiger partial charge in [-0.25, -0.2) is 4.68 Å². The van der Waals surface area contributed by atoms with Crippen LogP contribution in [0.5, 0.6) is 0 Å². The molecular weight excluding hydrogens is 320 g/mol. The first-order valence-corrected chi connectivity index (χ1v) is 8.43. The van der Waals surface area contributed by atoms with Crippen molar-refractivity contribution in [2.24, 2.45) is 0 Å². The highest BCUT2D eigenvalue weighted by Crippen LogP contribution is 2.33. The number of aromatic nitrogens is 2. The molecule has 0 bridgehead atoms. The molecule has 1 aliphatic rings. The second kappa shape index (κ2) is 6.30. The summed E-state index contributed by atoms with van der Waals surface area (Å²) in [6.45, 7) is 2.88. The molecule has 1 aliphatic heterocycles. The fraction of sp³-hybridized carbons (Fsp3) is 0.211. The first-order chi connectivity index (χ1) is 11.7. The van der Waals surface area contributed by atoms with Crippen LogP contribution in [-0.4, -0.2) is 34.8 Å². The van der Waals surface area contributed by atoms with Gasteiger partial charge in [-0.3, -0.25) is 0 Å². The molecule has 4 rings (SSSR count). The molecule has 24 heavy (non-hydrogen) atoms. The highest BCUT2D eigenvalue weighted by atomic mass is 35.5. The third-order valence-electron chi connectivity index (χ3n) is 4.41. The van der Waals surface area contributed by atoms with Gasteiger partial charge in [-0.2, -0.15) is 5.10 Å². The minimum absolute atomic E-state index is 0.764. The molecule has 4 nitrogen and oxygen atoms in total. The summed E-state index contributed by atoms with van der Waals surface area (Å²) in [5.41, 5.74) is 4.81. The SMILES string of the molecule is CN1CCN(c2ccc(Cl)cc2)c2ccc(-n3cccn3)cc2C1. The molecule has 2 aromatic carbocycles. The highest BCUT2D eigenvalue weighted by molar-refractivity contribution is 6.30. The molecule has 2 heterocycles. The predicted octanol–water partition coefficient (Wildman–Crippen LogP) is 4.11. The van der Waals surface area contributed by atoms with Gasteiger partial charge < -0.3 is 9.80 Å². The molecule has 0 spiro atoms. The second-order valence-electron chi connectivity index (χ2n) is 6.13. The summed E-state index contributed by atoms with van der Waals surface area (Å²) in [7, 11) is 2.16. The molecule has 0 fully saturated rings. The average molecular weight is 339 g/mol. The van der Waals surface area contributed by atoms with Crippen molar-refractivity contribution in [1.29, 1.82) is 0 Å². The molecule has 0 saturated carbocycles. The number of nitrogens with zero attached hydrogens (tertiary/aromatic N) is 4. The lowest BCUT2D eigenvalue weighted by Crippen LogP contribution is -2.26. The third-order valence-corrected chi connectivity index (χ3v) is 4.66. The first-order valence-electron chi connectivity index (χ1n) is 8.05. The monoisotopic (exact) mass is 338 g/mol. The summed E-state index contributed by atoms with van der Waals surface area (Å²) in [6.07, 6.45) is 3.77. The number of benzene rings is 2. The van der Waals surface area contributed by atoms with Crippen LogP contribution in [0.25, 0.3) is 5.69 Å². The highest BCUT2D eigenvalue weighted by Gasteiger charge is 2.20. The van der Waals surface area contributed by atoms with Gasteiger partial charge in [-0.1, -0.05) is 11.6 Å². The number of halogens is 1. The van der Waals surface area contributed by atoms with E-state index in [0.717, 1.165) is 30.3 Å². The van der Waals surface area contributed by atoms with Crippen LogP contribution in [0.2, 0.25) is 5.02 Å². The molecule has 0 amide bonds. The summed E-state index contributed by atoms with van der Waals surface area (Å²) in [5.74, 6) is 0. The molecule has 0 saturated heterocycles. The van der Waals surface area contributed by atoms with Crippen LogP contribution in [0.1, 0.15) is 5.56 Å². The van der Waals surface area contributed by atoms with Crippen molar-refractivity contribution < 1.29 is 0 Å². The van der Waals surface area contributed by atoms with Crippen LogP contribution in [0.15, 0.2) is 60.9 Å². The fourth-order valence-electron chi connectivity index (χ4n) is 3.18. The standard InChI is InChI=1S/C19H19ClN4/c1-22-11-12-23(17-5-3-16(20)4-6-17)19-8-7-18(13-15(19)14-22)24-10-2-9-21-24/h2-10,13H,11-12,14H2,1H3. The van der Waals surface area contributed by atoms with Crippen molar-refractivity contribution in [1.82, 2.24) is 14.7 Å². The van der Waals surface area contributed by atoms with Crippen molar-refractivity contribution >= 4 is 23.0 Å². The summed E-state index contributed by atoms with van der Waals surface area (Å²) in [6, 6.07) is 16.6. The van der Waals surface area contributed by atoms with E-state index in [0.29, 0.717) is 0 Å². The lowest BCUT2D eigenvalue weighted by Gasteiger charge is -2.25. The molecule has 0 N–H and O–H groups in total. The predicted molar refractivity (Wildman–Crippen MR) is 98.4 cm³/mol. The Balaban J connectivity index is 1.78. The number of hydrogen-bond donors (Lipinski definition) is 0. The van der Waals surface area contributed by atoms with Gasteiger partial charge in [0.1, 0.15) is 0 Å². The van der Waals surface area contributed by atoms with Crippen LogP contribution < -0.4 is 4.90 Å². The van der Waals surface area contributed by atoms with E-state index in [2.05, 4.69) is 52.3 Å². The largest absolute Gasteiger partial charge is 0.340 e. The van der Waals surface area contributed by atoms with E-state index in [1.807, 2.05) is 29.1 Å². The van der Waals surface area contributed by atoms with Gasteiger partial charge in [0.15, 0.2) is 0 Å². The maximum absolute atomic E-state index is 6.05. The second-order valence-corrected chi connectivity index (χ2v) is 6.57. The Kier molecular flexibility index (Phi) is 4.00. The molecule has 5 heteroatoms. The van der Waals surface area contributed by atoms with E-state index in [9.17, 15) is 0 Å². The van der Waals surface area contributed by atoms with Crippen LogP contribution in [0.4, 0.5) is 11.4 Å². The van der Waals surface area contributed by atoms with Crippen LogP contribution >= 0.6 is 11.6 Å². The van der Waals surface area contributed by atoms with E-state index in [1.54, 1.807) is 6.20 Å². The van der Waals surface area contributed by atoms with E-state index in [-0.39, 0.29) is 0 Å². The summed E-state index contributed by atoms with van der Waals surface area (Å²) in [4.78, 5) is 4.71. The van der Waals surface area contributed by atoms with Crippen LogP contribution in [0.3, 0.4) is 0 Å². The summed E-state index contributed by atoms with van der Waals surface area (Å²) >= 11 is 6.05. The Labute approximate surface area is 146 Å². The number of hydrogen-bond acceptors (Lipinski definition) is 3. The van der Waals surface area contributed by atoms with E-state index >= 15 is 0 Å². The van der Waals surface area contributed by atoms with E-state index < -0.39 is 0 Å². The molecule has 3 aromatic rings. The lowest BCUT2D eigenvalue weighted by atomic mass is 10.1. The van der Waals surface area contributed by atoms with Gasteiger partial charge in [0.05, 0.1) is 5.69 Å². The molecule has 0 radical (unpaired) electrons. The quantitative estimate of drug-likeness (QED) is 0.702. The number of fused-ring (bicyclic) bond motifs is 1. The van der Waals surface area contributed by atoms with Crippen molar-refractivity contribution in [3.05, 3.63) is 71.5 Å². The first kappa shape index (κ1) is 15.2. The normalized spacial score (nSPS) is 15.2. The van der Waals surface area contributed by atoms with Crippen molar-refractivity contribution in [2.45, 2.75) is 6.54 Å². The zero-order valence-electron chi connectivity index (χ0n) is 13.6. The third kappa shape index (κ3) is 2.90. The van der Waals surface area contributed by atoms with Crippen LogP contribution in [-0.2, 0) is 6.54 Å². The Hall–Kier alpha value is -2.30. The molecule has 0 unspecified atom stereocenters. The Morgan fingerprint density at radius 2 is 1.79 bits per heavy atom. The Bertz CT molecular complexity index is 827. The number of rotatable bonds is 2. The van der Waals surface area contributed by atoms with Gasteiger partial charge in [0.25, 0.3) is 0 Å². The zero-order valence-corrected chi connectivity index (χ0v) is 14.3. The molecular formula is C19H19ClN4.